The quantitative estimate of drug-likeness (QED) is 0.0950. The Balaban J connectivity index is 1.81. The molecule has 0 heterocycles. The molecular weight excluding hydrogens is 584 g/mol. The number of aliphatic hydroxyl groups is 2. The lowest BCUT2D eigenvalue weighted by Gasteiger charge is -2.30. The van der Waals surface area contributed by atoms with Crippen molar-refractivity contribution in [1.29, 1.82) is 0 Å². The summed E-state index contributed by atoms with van der Waals surface area (Å²) in [5.41, 5.74) is 0.383. The Kier molecular flexibility index (Phi) is 12.1. The van der Waals surface area contributed by atoms with Crippen LogP contribution < -0.4 is 20.1 Å². The maximum absolute atomic E-state index is 11.5. The zero-order valence-electron chi connectivity index (χ0n) is 25.1. The highest BCUT2D eigenvalue weighted by molar-refractivity contribution is 7.92. The van der Waals surface area contributed by atoms with Crippen LogP contribution in [0.25, 0.3) is 0 Å². The summed E-state index contributed by atoms with van der Waals surface area (Å²) in [4.78, 5) is 0. The van der Waals surface area contributed by atoms with Gasteiger partial charge < -0.3 is 31.1 Å². The summed E-state index contributed by atoms with van der Waals surface area (Å²) in [7, 11) is -7.17. The predicted octanol–water partition coefficient (Wildman–Crippen LogP) is 2.90. The maximum Gasteiger partial charge on any atom is 0.229 e. The highest BCUT2D eigenvalue weighted by Crippen LogP contribution is 2.29. The molecule has 0 saturated heterocycles. The van der Waals surface area contributed by atoms with Gasteiger partial charge >= 0.3 is 0 Å². The second-order valence-corrected chi connectivity index (χ2v) is 15.6. The summed E-state index contributed by atoms with van der Waals surface area (Å²) in [6.45, 7) is 8.63. The number of rotatable bonds is 17. The van der Waals surface area contributed by atoms with Gasteiger partial charge in [0.2, 0.25) is 20.0 Å². The molecule has 0 spiro atoms. The third-order valence-corrected chi connectivity index (χ3v) is 7.98. The molecule has 0 amide bonds. The molecule has 0 fully saturated rings. The number of aliphatic hydroxyl groups excluding tert-OH is 2. The highest BCUT2D eigenvalue weighted by atomic mass is 32.2. The van der Waals surface area contributed by atoms with Crippen LogP contribution in [0.15, 0.2) is 36.4 Å². The third kappa shape index (κ3) is 12.7. The Morgan fingerprint density at radius 3 is 1.31 bits per heavy atom. The number of sulfonamides is 2. The van der Waals surface area contributed by atoms with Crippen molar-refractivity contribution in [2.75, 3.05) is 35.0 Å². The molecular formula is C28H46N4O8S2. The molecule has 238 valence electrons. The molecule has 42 heavy (non-hydrogen) atoms. The average molecular weight is 631 g/mol. The molecule has 0 aromatic heterocycles. The third-order valence-electron chi connectivity index (χ3n) is 6.80. The first kappa shape index (κ1) is 35.6. The minimum atomic E-state index is -3.58. The van der Waals surface area contributed by atoms with E-state index in [4.69, 9.17) is 0 Å². The van der Waals surface area contributed by atoms with Gasteiger partial charge in [0, 0.05) is 24.2 Å². The first-order valence-corrected chi connectivity index (χ1v) is 17.4. The van der Waals surface area contributed by atoms with Crippen LogP contribution in [-0.2, 0) is 20.0 Å². The van der Waals surface area contributed by atoms with E-state index in [0.29, 0.717) is 11.1 Å². The van der Waals surface area contributed by atoms with Gasteiger partial charge in [-0.25, -0.2) is 16.8 Å². The fourth-order valence-corrected chi connectivity index (χ4v) is 5.50. The number of hydrogen-bond acceptors (Lipinski definition) is 10. The van der Waals surface area contributed by atoms with Crippen LogP contribution in [0.3, 0.4) is 0 Å². The zero-order chi connectivity index (χ0) is 31.9. The SMILES string of the molecule is CC(C)(CCCCC(C)(C)NCC(O)c1ccc(O)c(NS(C)(=O)=O)c1)NCC(O)c1ccc(O)c(NS(C)(=O)=O)c1. The number of unbranched alkanes of at least 4 members (excludes halogenated alkanes) is 1. The van der Waals surface area contributed by atoms with E-state index in [2.05, 4.69) is 20.1 Å². The Morgan fingerprint density at radius 1 is 0.667 bits per heavy atom. The van der Waals surface area contributed by atoms with Crippen molar-refractivity contribution in [3.05, 3.63) is 47.5 Å². The summed E-state index contributed by atoms with van der Waals surface area (Å²) < 4.78 is 50.6. The second-order valence-electron chi connectivity index (χ2n) is 12.1. The molecule has 0 saturated carbocycles. The van der Waals surface area contributed by atoms with Crippen LogP contribution in [0.2, 0.25) is 0 Å². The van der Waals surface area contributed by atoms with Crippen LogP contribution >= 0.6 is 0 Å². The molecule has 2 rings (SSSR count). The fraction of sp³-hybridized carbons (Fsp3) is 0.571. The van der Waals surface area contributed by atoms with E-state index in [0.717, 1.165) is 38.2 Å². The monoisotopic (exact) mass is 630 g/mol. The Labute approximate surface area is 249 Å². The normalized spacial score (nSPS) is 14.4. The number of aromatic hydroxyl groups is 2. The topological polar surface area (TPSA) is 197 Å². The molecule has 2 aromatic carbocycles. The van der Waals surface area contributed by atoms with E-state index in [9.17, 15) is 37.3 Å². The van der Waals surface area contributed by atoms with Gasteiger partial charge in [-0.3, -0.25) is 9.44 Å². The van der Waals surface area contributed by atoms with Crippen LogP contribution in [-0.4, -0.2) is 73.9 Å². The minimum Gasteiger partial charge on any atom is -0.506 e. The smallest absolute Gasteiger partial charge is 0.229 e. The summed E-state index contributed by atoms with van der Waals surface area (Å²) in [5, 5.41) is 47.8. The number of hydrogen-bond donors (Lipinski definition) is 8. The Bertz CT molecular complexity index is 1310. The molecule has 0 aliphatic heterocycles. The lowest BCUT2D eigenvalue weighted by Crippen LogP contribution is -2.42. The van der Waals surface area contributed by atoms with Crippen molar-refractivity contribution in [2.24, 2.45) is 0 Å². The zero-order valence-corrected chi connectivity index (χ0v) is 26.7. The van der Waals surface area contributed by atoms with Crippen LogP contribution in [0.5, 0.6) is 11.5 Å². The van der Waals surface area contributed by atoms with Crippen molar-refractivity contribution < 1.29 is 37.3 Å². The van der Waals surface area contributed by atoms with E-state index in [1.807, 2.05) is 27.7 Å². The van der Waals surface area contributed by atoms with Crippen molar-refractivity contribution >= 4 is 31.4 Å². The average Bonchev–Trinajstić information content (AvgIpc) is 2.85. The standard InChI is InChI=1S/C28H46N4O8S2/c1-27(2,29-17-25(35)19-9-11-23(33)21(15-19)31-41(5,37)38)13-7-8-14-28(3,4)30-18-26(36)20-10-12-24(34)22(16-20)32-42(6,39)40/h9-12,15-16,25-26,29-36H,7-8,13-14,17-18H2,1-6H3. The number of phenolic OH excluding ortho intramolecular Hbond substituents is 2. The van der Waals surface area contributed by atoms with E-state index >= 15 is 0 Å². The number of anilines is 2. The molecule has 0 aliphatic rings. The molecule has 8 N–H and O–H groups in total. The summed E-state index contributed by atoms with van der Waals surface area (Å²) in [5.74, 6) is -0.457. The molecule has 0 bridgehead atoms. The fourth-order valence-electron chi connectivity index (χ4n) is 4.38. The number of benzene rings is 2. The molecule has 0 aliphatic carbocycles. The minimum absolute atomic E-state index is 0.00817. The molecule has 2 atom stereocenters. The molecule has 12 nitrogen and oxygen atoms in total. The Morgan fingerprint density at radius 2 is 1.00 bits per heavy atom. The maximum atomic E-state index is 11.5. The van der Waals surface area contributed by atoms with E-state index in [-0.39, 0.29) is 47.0 Å². The van der Waals surface area contributed by atoms with Crippen LogP contribution in [0, 0.1) is 0 Å². The predicted molar refractivity (Wildman–Crippen MR) is 166 cm³/mol. The summed E-state index contributed by atoms with van der Waals surface area (Å²) >= 11 is 0. The summed E-state index contributed by atoms with van der Waals surface area (Å²) in [6, 6.07) is 8.58. The van der Waals surface area contributed by atoms with Crippen molar-refractivity contribution in [1.82, 2.24) is 10.6 Å². The molecule has 2 unspecified atom stereocenters. The lowest BCUT2D eigenvalue weighted by molar-refractivity contribution is 0.155. The van der Waals surface area contributed by atoms with Crippen molar-refractivity contribution in [3.8, 4) is 11.5 Å². The van der Waals surface area contributed by atoms with Gasteiger partial charge in [-0.15, -0.1) is 0 Å². The van der Waals surface area contributed by atoms with E-state index in [1.54, 1.807) is 12.1 Å². The van der Waals surface area contributed by atoms with E-state index in [1.165, 1.54) is 24.3 Å². The first-order chi connectivity index (χ1) is 19.2. The van der Waals surface area contributed by atoms with Crippen LogP contribution in [0.1, 0.15) is 76.7 Å². The van der Waals surface area contributed by atoms with Gasteiger partial charge in [0.05, 0.1) is 36.1 Å². The molecule has 14 heteroatoms. The number of nitrogens with one attached hydrogen (secondary N) is 4. The first-order valence-electron chi connectivity index (χ1n) is 13.6. The van der Waals surface area contributed by atoms with Gasteiger partial charge in [-0.2, -0.15) is 0 Å². The highest BCUT2D eigenvalue weighted by Gasteiger charge is 2.23. The molecule has 0 radical (unpaired) electrons. The van der Waals surface area contributed by atoms with Crippen LogP contribution in [0.4, 0.5) is 11.4 Å². The van der Waals surface area contributed by atoms with Gasteiger partial charge in [0.1, 0.15) is 11.5 Å². The largest absolute Gasteiger partial charge is 0.506 e. The van der Waals surface area contributed by atoms with Gasteiger partial charge in [-0.05, 0) is 75.9 Å². The van der Waals surface area contributed by atoms with Gasteiger partial charge in [-0.1, -0.05) is 25.0 Å². The lowest BCUT2D eigenvalue weighted by atomic mass is 9.91. The van der Waals surface area contributed by atoms with Crippen molar-refractivity contribution in [3.63, 3.8) is 0 Å². The summed E-state index contributed by atoms with van der Waals surface area (Å²) in [6.07, 6.45) is 3.62. The van der Waals surface area contributed by atoms with Gasteiger partial charge in [0.15, 0.2) is 0 Å². The van der Waals surface area contributed by atoms with Gasteiger partial charge in [0.25, 0.3) is 0 Å². The van der Waals surface area contributed by atoms with E-state index < -0.39 is 32.3 Å². The number of β-amino-alcohol motifs (C(OH)–C–C–N with tert-alkyl or cyclic N) is 2. The van der Waals surface area contributed by atoms with Crippen molar-refractivity contribution in [2.45, 2.75) is 76.7 Å². The molecule has 2 aromatic rings. The second kappa shape index (κ2) is 14.2. The number of phenols is 2. The Hall–Kier alpha value is -2.62.